The molecule has 13 heavy (non-hydrogen) atoms. The van der Waals surface area contributed by atoms with Crippen LogP contribution in [0.15, 0.2) is 18.2 Å². The molecule has 66 valence electrons. The van der Waals surface area contributed by atoms with Gasteiger partial charge in [-0.2, -0.15) is 0 Å². The van der Waals surface area contributed by atoms with E-state index >= 15 is 0 Å². The second-order valence-corrected chi connectivity index (χ2v) is 3.56. The average Bonchev–Trinajstić information content (AvgIpc) is 2.48. The molecule has 1 atom stereocenters. The Kier molecular flexibility index (Phi) is 2.08. The van der Waals surface area contributed by atoms with E-state index in [9.17, 15) is 0 Å². The molecule has 0 spiro atoms. The molecule has 0 saturated carbocycles. The van der Waals surface area contributed by atoms with Crippen molar-refractivity contribution < 1.29 is 0 Å². The smallest absolute Gasteiger partial charge is 0.0337 e. The molecule has 1 aliphatic rings. The van der Waals surface area contributed by atoms with Crippen molar-refractivity contribution in [1.29, 1.82) is 0 Å². The Labute approximate surface area is 79.0 Å². The van der Waals surface area contributed by atoms with Crippen LogP contribution >= 0.6 is 0 Å². The SMILES string of the molecule is C#CCc1ccc2c(c1)CCC2N. The maximum atomic E-state index is 5.93. The number of hydrogen-bond donors (Lipinski definition) is 1. The minimum absolute atomic E-state index is 0.245. The van der Waals surface area contributed by atoms with Crippen molar-refractivity contribution in [2.45, 2.75) is 25.3 Å². The van der Waals surface area contributed by atoms with Gasteiger partial charge in [0, 0.05) is 12.5 Å². The molecule has 1 aliphatic carbocycles. The molecular formula is C12H13N. The Hall–Kier alpha value is -1.26. The molecule has 1 aromatic rings. The van der Waals surface area contributed by atoms with Gasteiger partial charge in [0.05, 0.1) is 0 Å². The lowest BCUT2D eigenvalue weighted by Gasteiger charge is -2.05. The summed E-state index contributed by atoms with van der Waals surface area (Å²) in [7, 11) is 0. The first-order valence-corrected chi connectivity index (χ1v) is 4.62. The summed E-state index contributed by atoms with van der Waals surface area (Å²) in [6.45, 7) is 0. The van der Waals surface area contributed by atoms with Crippen molar-refractivity contribution in [3.8, 4) is 12.3 Å². The van der Waals surface area contributed by atoms with Gasteiger partial charge in [0.25, 0.3) is 0 Å². The van der Waals surface area contributed by atoms with E-state index in [1.54, 1.807) is 0 Å². The highest BCUT2D eigenvalue weighted by molar-refractivity contribution is 5.38. The lowest BCUT2D eigenvalue weighted by atomic mass is 10.0. The summed E-state index contributed by atoms with van der Waals surface area (Å²) in [5.74, 6) is 2.66. The molecule has 2 rings (SSSR count). The highest BCUT2D eigenvalue weighted by Crippen LogP contribution is 2.29. The van der Waals surface area contributed by atoms with Gasteiger partial charge >= 0.3 is 0 Å². The van der Waals surface area contributed by atoms with E-state index in [0.29, 0.717) is 0 Å². The van der Waals surface area contributed by atoms with Crippen molar-refractivity contribution in [3.63, 3.8) is 0 Å². The van der Waals surface area contributed by atoms with Crippen molar-refractivity contribution in [2.24, 2.45) is 5.73 Å². The van der Waals surface area contributed by atoms with Crippen molar-refractivity contribution in [3.05, 3.63) is 34.9 Å². The molecule has 2 N–H and O–H groups in total. The van der Waals surface area contributed by atoms with Crippen LogP contribution in [0.3, 0.4) is 0 Å². The first-order valence-electron chi connectivity index (χ1n) is 4.62. The van der Waals surface area contributed by atoms with Crippen LogP contribution in [0.2, 0.25) is 0 Å². The number of hydrogen-bond acceptors (Lipinski definition) is 1. The lowest BCUT2D eigenvalue weighted by molar-refractivity contribution is 0.713. The summed E-state index contributed by atoms with van der Waals surface area (Å²) >= 11 is 0. The second kappa shape index (κ2) is 3.24. The number of rotatable bonds is 1. The quantitative estimate of drug-likeness (QED) is 0.641. The Bertz CT molecular complexity index is 360. The van der Waals surface area contributed by atoms with Crippen LogP contribution in [-0.2, 0) is 12.8 Å². The standard InChI is InChI=1S/C12H13N/c1-2-3-9-4-6-11-10(8-9)5-7-12(11)13/h1,4,6,8,12H,3,5,7,13H2. The van der Waals surface area contributed by atoms with E-state index in [4.69, 9.17) is 12.2 Å². The minimum atomic E-state index is 0.245. The van der Waals surface area contributed by atoms with Gasteiger partial charge in [-0.15, -0.1) is 12.3 Å². The highest BCUT2D eigenvalue weighted by atomic mass is 14.6. The second-order valence-electron chi connectivity index (χ2n) is 3.56. The molecule has 1 nitrogen and oxygen atoms in total. The first-order chi connectivity index (χ1) is 6.31. The van der Waals surface area contributed by atoms with Crippen LogP contribution in [0.4, 0.5) is 0 Å². The normalized spacial score (nSPS) is 19.5. The van der Waals surface area contributed by atoms with Crippen molar-refractivity contribution >= 4 is 0 Å². The Morgan fingerprint density at radius 1 is 1.54 bits per heavy atom. The van der Waals surface area contributed by atoms with Crippen LogP contribution in [0.1, 0.15) is 29.2 Å². The Balaban J connectivity index is 2.35. The fourth-order valence-electron chi connectivity index (χ4n) is 1.93. The van der Waals surface area contributed by atoms with E-state index in [0.717, 1.165) is 19.3 Å². The van der Waals surface area contributed by atoms with Gasteiger partial charge in [-0.3, -0.25) is 0 Å². The molecule has 1 aromatic carbocycles. The molecule has 0 amide bonds. The maximum Gasteiger partial charge on any atom is 0.0337 e. The molecule has 0 aliphatic heterocycles. The van der Waals surface area contributed by atoms with Crippen LogP contribution in [0.5, 0.6) is 0 Å². The largest absolute Gasteiger partial charge is 0.324 e. The topological polar surface area (TPSA) is 26.0 Å². The van der Waals surface area contributed by atoms with Crippen molar-refractivity contribution in [1.82, 2.24) is 0 Å². The predicted molar refractivity (Wildman–Crippen MR) is 54.2 cm³/mol. The highest BCUT2D eigenvalue weighted by Gasteiger charge is 2.18. The van der Waals surface area contributed by atoms with Crippen LogP contribution in [-0.4, -0.2) is 0 Å². The van der Waals surface area contributed by atoms with E-state index < -0.39 is 0 Å². The van der Waals surface area contributed by atoms with E-state index in [1.165, 1.54) is 16.7 Å². The summed E-state index contributed by atoms with van der Waals surface area (Å²) < 4.78 is 0. The molecule has 0 bridgehead atoms. The summed E-state index contributed by atoms with van der Waals surface area (Å²) in [6.07, 6.45) is 8.17. The van der Waals surface area contributed by atoms with Gasteiger partial charge in [0.2, 0.25) is 0 Å². The van der Waals surface area contributed by atoms with Crippen LogP contribution < -0.4 is 5.73 Å². The third-order valence-electron chi connectivity index (χ3n) is 2.64. The summed E-state index contributed by atoms with van der Waals surface area (Å²) in [5, 5.41) is 0. The summed E-state index contributed by atoms with van der Waals surface area (Å²) in [6, 6.07) is 6.65. The fraction of sp³-hybridized carbons (Fsp3) is 0.333. The monoisotopic (exact) mass is 171 g/mol. The van der Waals surface area contributed by atoms with E-state index in [1.807, 2.05) is 0 Å². The average molecular weight is 171 g/mol. The van der Waals surface area contributed by atoms with Gasteiger partial charge in [-0.05, 0) is 29.5 Å². The molecule has 1 heteroatoms. The predicted octanol–water partition coefficient (Wildman–Crippen LogP) is 1.81. The summed E-state index contributed by atoms with van der Waals surface area (Å²) in [4.78, 5) is 0. The van der Waals surface area contributed by atoms with Gasteiger partial charge in [0.15, 0.2) is 0 Å². The summed E-state index contributed by atoms with van der Waals surface area (Å²) in [5.41, 5.74) is 9.86. The van der Waals surface area contributed by atoms with Gasteiger partial charge in [-0.25, -0.2) is 0 Å². The number of fused-ring (bicyclic) bond motifs is 1. The Morgan fingerprint density at radius 2 is 2.38 bits per heavy atom. The number of nitrogens with two attached hydrogens (primary N) is 1. The number of benzene rings is 1. The van der Waals surface area contributed by atoms with E-state index in [-0.39, 0.29) is 6.04 Å². The zero-order valence-corrected chi connectivity index (χ0v) is 7.59. The fourth-order valence-corrected chi connectivity index (χ4v) is 1.93. The molecule has 0 heterocycles. The van der Waals surface area contributed by atoms with Crippen molar-refractivity contribution in [2.75, 3.05) is 0 Å². The molecule has 0 saturated heterocycles. The van der Waals surface area contributed by atoms with Gasteiger partial charge in [-0.1, -0.05) is 18.2 Å². The Morgan fingerprint density at radius 3 is 3.15 bits per heavy atom. The molecule has 0 aromatic heterocycles. The van der Waals surface area contributed by atoms with Crippen LogP contribution in [0.25, 0.3) is 0 Å². The van der Waals surface area contributed by atoms with Crippen LogP contribution in [0, 0.1) is 12.3 Å². The molecule has 0 fully saturated rings. The molecular weight excluding hydrogens is 158 g/mol. The van der Waals surface area contributed by atoms with Gasteiger partial charge < -0.3 is 5.73 Å². The number of aryl methyl sites for hydroxylation is 1. The van der Waals surface area contributed by atoms with Gasteiger partial charge in [0.1, 0.15) is 0 Å². The first kappa shape index (κ1) is 8.34. The zero-order valence-electron chi connectivity index (χ0n) is 7.59. The number of terminal acetylenes is 1. The zero-order chi connectivity index (χ0) is 9.26. The molecule has 0 radical (unpaired) electrons. The van der Waals surface area contributed by atoms with E-state index in [2.05, 4.69) is 24.1 Å². The lowest BCUT2D eigenvalue weighted by Crippen LogP contribution is -2.04. The third-order valence-corrected chi connectivity index (χ3v) is 2.64. The third kappa shape index (κ3) is 1.46. The molecule has 1 unspecified atom stereocenters. The maximum absolute atomic E-state index is 5.93. The minimum Gasteiger partial charge on any atom is -0.324 e.